The Bertz CT molecular complexity index is 1210. The van der Waals surface area contributed by atoms with E-state index in [-0.39, 0.29) is 21.6 Å². The number of amides is 1. The topological polar surface area (TPSA) is 104 Å². The molecule has 3 aromatic heterocycles. The molecule has 0 spiro atoms. The molecule has 2 N–H and O–H groups in total. The van der Waals surface area contributed by atoms with Crippen molar-refractivity contribution in [1.29, 1.82) is 0 Å². The van der Waals surface area contributed by atoms with Crippen molar-refractivity contribution in [2.24, 2.45) is 0 Å². The van der Waals surface area contributed by atoms with Crippen molar-refractivity contribution in [3.63, 3.8) is 0 Å². The average molecular weight is 490 g/mol. The summed E-state index contributed by atoms with van der Waals surface area (Å²) in [5.74, 6) is -1.51. The molecule has 8 nitrogen and oxygen atoms in total. The lowest BCUT2D eigenvalue weighted by Gasteiger charge is -2.36. The third kappa shape index (κ3) is 4.82. The predicted octanol–water partition coefficient (Wildman–Crippen LogP) is 5.15. The molecule has 0 fully saturated rings. The number of aromatic carboxylic acids is 1. The third-order valence-corrected chi connectivity index (χ3v) is 12.1. The van der Waals surface area contributed by atoms with Crippen LogP contribution >= 0.6 is 11.3 Å². The number of carboxylic acids is 1. The van der Waals surface area contributed by atoms with Crippen molar-refractivity contribution in [1.82, 2.24) is 9.38 Å². The highest BCUT2D eigenvalue weighted by Gasteiger charge is 2.37. The second kappa shape index (κ2) is 8.92. The molecule has 0 aliphatic carbocycles. The van der Waals surface area contributed by atoms with E-state index < -0.39 is 14.3 Å². The lowest BCUT2D eigenvalue weighted by atomic mass is 10.2. The summed E-state index contributed by atoms with van der Waals surface area (Å²) in [6, 6.07) is 3.64. The van der Waals surface area contributed by atoms with Gasteiger partial charge in [-0.2, -0.15) is 0 Å². The van der Waals surface area contributed by atoms with Gasteiger partial charge >= 0.3 is 5.97 Å². The molecule has 0 atom stereocenters. The molecule has 10 heteroatoms. The maximum absolute atomic E-state index is 12.5. The zero-order valence-electron chi connectivity index (χ0n) is 20.1. The number of pyridine rings is 1. The van der Waals surface area contributed by atoms with Crippen LogP contribution in [0.25, 0.3) is 16.2 Å². The Kier molecular flexibility index (Phi) is 6.74. The first-order valence-corrected chi connectivity index (χ1v) is 14.4. The molecule has 0 radical (unpaired) electrons. The van der Waals surface area contributed by atoms with E-state index in [1.807, 2.05) is 22.7 Å². The molecule has 0 aliphatic heterocycles. The van der Waals surface area contributed by atoms with E-state index in [0.717, 1.165) is 11.3 Å². The Balaban J connectivity index is 1.95. The highest BCUT2D eigenvalue weighted by Crippen LogP contribution is 2.41. The first-order valence-electron chi connectivity index (χ1n) is 10.7. The van der Waals surface area contributed by atoms with Gasteiger partial charge in [0, 0.05) is 25.2 Å². The van der Waals surface area contributed by atoms with Crippen molar-refractivity contribution >= 4 is 42.9 Å². The molecule has 0 aromatic carbocycles. The molecular weight excluding hydrogens is 458 g/mol. The van der Waals surface area contributed by atoms with Gasteiger partial charge in [-0.3, -0.25) is 9.20 Å². The number of thiophene rings is 1. The van der Waals surface area contributed by atoms with Crippen LogP contribution in [0.1, 0.15) is 42.9 Å². The minimum Gasteiger partial charge on any atom is -0.506 e. The maximum Gasteiger partial charge on any atom is 0.349 e. The number of fused-ring (bicyclic) bond motifs is 1. The van der Waals surface area contributed by atoms with Gasteiger partial charge in [-0.1, -0.05) is 20.8 Å². The van der Waals surface area contributed by atoms with E-state index in [1.165, 1.54) is 6.92 Å². The fraction of sp³-hybridized carbons (Fsp3) is 0.435. The van der Waals surface area contributed by atoms with Crippen LogP contribution in [0, 0.1) is 6.92 Å². The Hall–Kier alpha value is -2.69. The number of hydrogen-bond acceptors (Lipinski definition) is 6. The van der Waals surface area contributed by atoms with Gasteiger partial charge in [-0.25, -0.2) is 9.78 Å². The second-order valence-corrected chi connectivity index (χ2v) is 15.4. The highest BCUT2D eigenvalue weighted by atomic mass is 32.1. The Morgan fingerprint density at radius 3 is 2.48 bits per heavy atom. The Labute approximate surface area is 198 Å². The zero-order valence-corrected chi connectivity index (χ0v) is 21.9. The Morgan fingerprint density at radius 2 is 1.94 bits per heavy atom. The van der Waals surface area contributed by atoms with E-state index in [1.54, 1.807) is 18.0 Å². The van der Waals surface area contributed by atoms with Gasteiger partial charge in [-0.15, -0.1) is 11.3 Å². The molecule has 0 saturated carbocycles. The number of hydrogen-bond donors (Lipinski definition) is 2. The summed E-state index contributed by atoms with van der Waals surface area (Å²) in [6.45, 7) is 14.9. The average Bonchev–Trinajstić information content (AvgIpc) is 3.25. The van der Waals surface area contributed by atoms with Crippen LogP contribution in [0.15, 0.2) is 24.5 Å². The van der Waals surface area contributed by atoms with E-state index in [9.17, 15) is 19.8 Å². The molecule has 178 valence electrons. The summed E-state index contributed by atoms with van der Waals surface area (Å²) in [5.41, 5.74) is 2.47. The standard InChI is InChI=1S/C23H31N3O5SSi/c1-14-19(28)21(22(29)30)32-20(14)17-12-24-18-9-8-16(13-26(17)18)25(15(2)27)10-11-31-33(6,7)23(3,4)5/h8-9,12-13,28H,10-11H2,1-7H3,(H,29,30). The maximum atomic E-state index is 12.5. The summed E-state index contributed by atoms with van der Waals surface area (Å²) >= 11 is 1.000. The first kappa shape index (κ1) is 24.9. The van der Waals surface area contributed by atoms with Gasteiger partial charge in [-0.05, 0) is 37.2 Å². The van der Waals surface area contributed by atoms with E-state index in [4.69, 9.17) is 4.43 Å². The summed E-state index contributed by atoms with van der Waals surface area (Å²) in [4.78, 5) is 30.5. The van der Waals surface area contributed by atoms with E-state index >= 15 is 0 Å². The van der Waals surface area contributed by atoms with Crippen LogP contribution in [0.4, 0.5) is 5.69 Å². The van der Waals surface area contributed by atoms with Gasteiger partial charge in [0.25, 0.3) is 0 Å². The van der Waals surface area contributed by atoms with Crippen LogP contribution in [-0.4, -0.2) is 52.9 Å². The largest absolute Gasteiger partial charge is 0.506 e. The molecule has 33 heavy (non-hydrogen) atoms. The molecule has 3 aromatic rings. The summed E-state index contributed by atoms with van der Waals surface area (Å²) in [5, 5.41) is 19.7. The molecule has 0 aliphatic rings. The molecule has 3 heterocycles. The molecule has 0 bridgehead atoms. The number of nitrogens with zero attached hydrogens (tertiary/aromatic N) is 3. The smallest absolute Gasteiger partial charge is 0.349 e. The van der Waals surface area contributed by atoms with Gasteiger partial charge in [0.1, 0.15) is 11.4 Å². The quantitative estimate of drug-likeness (QED) is 0.445. The lowest BCUT2D eigenvalue weighted by molar-refractivity contribution is -0.116. The minimum atomic E-state index is -1.94. The molecule has 0 saturated heterocycles. The number of rotatable bonds is 7. The van der Waals surface area contributed by atoms with Crippen molar-refractivity contribution in [3.8, 4) is 16.3 Å². The van der Waals surface area contributed by atoms with Gasteiger partial charge < -0.3 is 19.5 Å². The molecule has 3 rings (SSSR count). The number of carbonyl (C=O) groups excluding carboxylic acids is 1. The van der Waals surface area contributed by atoms with E-state index in [0.29, 0.717) is 40.6 Å². The number of anilines is 1. The lowest BCUT2D eigenvalue weighted by Crippen LogP contribution is -2.43. The minimum absolute atomic E-state index is 0.0810. The number of aromatic nitrogens is 2. The van der Waals surface area contributed by atoms with Crippen LogP contribution in [0.3, 0.4) is 0 Å². The summed E-state index contributed by atoms with van der Waals surface area (Å²) < 4.78 is 8.07. The van der Waals surface area contributed by atoms with Crippen molar-refractivity contribution in [3.05, 3.63) is 35.0 Å². The fourth-order valence-corrected chi connectivity index (χ4v) is 5.35. The summed E-state index contributed by atoms with van der Waals surface area (Å²) in [7, 11) is -1.94. The van der Waals surface area contributed by atoms with Crippen LogP contribution in [-0.2, 0) is 9.22 Å². The first-order chi connectivity index (χ1) is 15.2. The SMILES string of the molecule is CC(=O)N(CCO[Si](C)(C)C(C)(C)C)c1ccc2ncc(-c3sc(C(=O)O)c(O)c3C)n2c1. The molecular formula is C23H31N3O5SSi. The number of imidazole rings is 1. The van der Waals surface area contributed by atoms with Crippen LogP contribution in [0.2, 0.25) is 18.1 Å². The van der Waals surface area contributed by atoms with Crippen molar-refractivity contribution in [2.45, 2.75) is 52.8 Å². The van der Waals surface area contributed by atoms with Crippen LogP contribution in [0.5, 0.6) is 5.75 Å². The normalized spacial score (nSPS) is 12.3. The van der Waals surface area contributed by atoms with Crippen LogP contribution < -0.4 is 4.90 Å². The monoisotopic (exact) mass is 489 g/mol. The number of aromatic hydroxyl groups is 1. The van der Waals surface area contributed by atoms with Crippen molar-refractivity contribution in [2.75, 3.05) is 18.1 Å². The highest BCUT2D eigenvalue weighted by molar-refractivity contribution is 7.17. The van der Waals surface area contributed by atoms with E-state index in [2.05, 4.69) is 38.8 Å². The number of carboxylic acid groups (broad SMARTS) is 1. The van der Waals surface area contributed by atoms with Gasteiger partial charge in [0.05, 0.1) is 29.1 Å². The number of carbonyl (C=O) groups is 2. The van der Waals surface area contributed by atoms with Gasteiger partial charge in [0.2, 0.25) is 5.91 Å². The molecule has 0 unspecified atom stereocenters. The Morgan fingerprint density at radius 1 is 1.27 bits per heavy atom. The summed E-state index contributed by atoms with van der Waals surface area (Å²) in [6.07, 6.45) is 3.45. The third-order valence-electron chi connectivity index (χ3n) is 6.31. The fourth-order valence-electron chi connectivity index (χ4n) is 3.27. The molecule has 1 amide bonds. The van der Waals surface area contributed by atoms with Crippen molar-refractivity contribution < 1.29 is 24.2 Å². The van der Waals surface area contributed by atoms with Gasteiger partial charge in [0.15, 0.2) is 13.2 Å². The predicted molar refractivity (Wildman–Crippen MR) is 133 cm³/mol. The zero-order chi connectivity index (χ0) is 24.7. The second-order valence-electron chi connectivity index (χ2n) is 9.58.